The van der Waals surface area contributed by atoms with Gasteiger partial charge >= 0.3 is 0 Å². The van der Waals surface area contributed by atoms with Crippen molar-refractivity contribution in [2.75, 3.05) is 0 Å². The standard InChI is InChI=1S/C11H7Cl3OS/c12-7-8(13)11(14)16-10(7)9(15)6-4-2-1-3-5-6/h1-5,9,15H. The largest absolute Gasteiger partial charge is 0.383 e. The van der Waals surface area contributed by atoms with Crippen molar-refractivity contribution in [1.29, 1.82) is 0 Å². The third-order valence-electron chi connectivity index (χ3n) is 2.14. The molecule has 0 fully saturated rings. The summed E-state index contributed by atoms with van der Waals surface area (Å²) >= 11 is 18.9. The molecule has 1 heterocycles. The van der Waals surface area contributed by atoms with Crippen molar-refractivity contribution in [1.82, 2.24) is 0 Å². The van der Waals surface area contributed by atoms with E-state index in [2.05, 4.69) is 0 Å². The first-order valence-electron chi connectivity index (χ1n) is 4.47. The molecule has 2 aromatic rings. The Kier molecular flexibility index (Phi) is 3.77. The minimum Gasteiger partial charge on any atom is -0.383 e. The number of rotatable bonds is 2. The molecule has 0 aliphatic rings. The van der Waals surface area contributed by atoms with Crippen molar-refractivity contribution >= 4 is 46.1 Å². The van der Waals surface area contributed by atoms with Gasteiger partial charge in [-0.05, 0) is 5.56 Å². The zero-order valence-electron chi connectivity index (χ0n) is 7.95. The normalized spacial score (nSPS) is 12.8. The third-order valence-corrected chi connectivity index (χ3v) is 4.78. The van der Waals surface area contributed by atoms with Gasteiger partial charge in [-0.2, -0.15) is 0 Å². The monoisotopic (exact) mass is 292 g/mol. The van der Waals surface area contributed by atoms with Gasteiger partial charge in [0.2, 0.25) is 0 Å². The molecule has 1 atom stereocenters. The molecule has 0 spiro atoms. The van der Waals surface area contributed by atoms with E-state index in [-0.39, 0.29) is 0 Å². The molecule has 0 aliphatic heterocycles. The van der Waals surface area contributed by atoms with Gasteiger partial charge in [-0.25, -0.2) is 0 Å². The van der Waals surface area contributed by atoms with Crippen molar-refractivity contribution in [3.8, 4) is 0 Å². The molecule has 0 amide bonds. The lowest BCUT2D eigenvalue weighted by atomic mass is 10.1. The zero-order valence-corrected chi connectivity index (χ0v) is 11.0. The lowest BCUT2D eigenvalue weighted by Gasteiger charge is -2.09. The summed E-state index contributed by atoms with van der Waals surface area (Å²) in [6.45, 7) is 0. The van der Waals surface area contributed by atoms with Crippen LogP contribution in [0.25, 0.3) is 0 Å². The van der Waals surface area contributed by atoms with Crippen LogP contribution in [0.15, 0.2) is 30.3 Å². The number of halogens is 3. The number of thiophene rings is 1. The summed E-state index contributed by atoms with van der Waals surface area (Å²) in [5.41, 5.74) is 0.763. The van der Waals surface area contributed by atoms with E-state index in [1.54, 1.807) is 0 Å². The fourth-order valence-corrected chi connectivity index (χ4v) is 3.20. The quantitative estimate of drug-likeness (QED) is 0.844. The van der Waals surface area contributed by atoms with Crippen LogP contribution in [0.4, 0.5) is 0 Å². The second-order valence-electron chi connectivity index (χ2n) is 3.18. The minimum atomic E-state index is -0.788. The summed E-state index contributed by atoms with van der Waals surface area (Å²) < 4.78 is 0.400. The third kappa shape index (κ3) is 2.22. The number of benzene rings is 1. The second kappa shape index (κ2) is 4.94. The molecule has 0 saturated heterocycles. The smallest absolute Gasteiger partial charge is 0.115 e. The Morgan fingerprint density at radius 2 is 1.62 bits per heavy atom. The molecule has 16 heavy (non-hydrogen) atoms. The van der Waals surface area contributed by atoms with Crippen LogP contribution < -0.4 is 0 Å². The lowest BCUT2D eigenvalue weighted by Crippen LogP contribution is -1.96. The molecule has 1 aromatic carbocycles. The summed E-state index contributed by atoms with van der Waals surface area (Å²) in [5, 5.41) is 10.8. The average molecular weight is 294 g/mol. The van der Waals surface area contributed by atoms with Gasteiger partial charge in [-0.3, -0.25) is 0 Å². The van der Waals surface area contributed by atoms with Crippen LogP contribution in [-0.2, 0) is 0 Å². The Balaban J connectivity index is 2.42. The van der Waals surface area contributed by atoms with Crippen LogP contribution in [0.5, 0.6) is 0 Å². The molecule has 0 bridgehead atoms. The molecule has 0 aliphatic carbocycles. The topological polar surface area (TPSA) is 20.2 Å². The van der Waals surface area contributed by atoms with Crippen LogP contribution in [0, 0.1) is 0 Å². The average Bonchev–Trinajstić information content (AvgIpc) is 2.57. The maximum atomic E-state index is 10.1. The van der Waals surface area contributed by atoms with Crippen molar-refractivity contribution in [2.45, 2.75) is 6.10 Å². The van der Waals surface area contributed by atoms with E-state index in [1.807, 2.05) is 30.3 Å². The highest BCUT2D eigenvalue weighted by molar-refractivity contribution is 7.17. The Hall–Kier alpha value is -0.250. The molecule has 1 N–H and O–H groups in total. The van der Waals surface area contributed by atoms with Gasteiger partial charge in [0.25, 0.3) is 0 Å². The Labute approximate surface area is 112 Å². The van der Waals surface area contributed by atoms with Crippen LogP contribution in [-0.4, -0.2) is 5.11 Å². The van der Waals surface area contributed by atoms with Crippen molar-refractivity contribution in [3.63, 3.8) is 0 Å². The molecule has 5 heteroatoms. The molecular formula is C11H7Cl3OS. The van der Waals surface area contributed by atoms with E-state index < -0.39 is 6.10 Å². The van der Waals surface area contributed by atoms with Crippen LogP contribution in [0.2, 0.25) is 14.4 Å². The summed E-state index contributed by atoms with van der Waals surface area (Å²) in [5.74, 6) is 0. The molecule has 1 aromatic heterocycles. The van der Waals surface area contributed by atoms with E-state index in [1.165, 1.54) is 11.3 Å². The molecule has 0 radical (unpaired) electrons. The summed E-state index contributed by atoms with van der Waals surface area (Å²) in [4.78, 5) is 0.572. The first-order chi connectivity index (χ1) is 7.61. The van der Waals surface area contributed by atoms with Crippen LogP contribution in [0.1, 0.15) is 16.5 Å². The van der Waals surface area contributed by atoms with Gasteiger partial charge in [-0.1, -0.05) is 65.1 Å². The Morgan fingerprint density at radius 1 is 1.00 bits per heavy atom. The van der Waals surface area contributed by atoms with E-state index in [0.717, 1.165) is 5.56 Å². The first kappa shape index (κ1) is 12.2. The predicted octanol–water partition coefficient (Wildman–Crippen LogP) is 4.79. The molecule has 0 saturated carbocycles. The lowest BCUT2D eigenvalue weighted by molar-refractivity contribution is 0.224. The van der Waals surface area contributed by atoms with E-state index in [0.29, 0.717) is 19.3 Å². The minimum absolute atomic E-state index is 0.304. The number of aliphatic hydroxyl groups excluding tert-OH is 1. The van der Waals surface area contributed by atoms with Gasteiger partial charge in [0.1, 0.15) is 10.4 Å². The van der Waals surface area contributed by atoms with E-state index in [4.69, 9.17) is 34.8 Å². The van der Waals surface area contributed by atoms with Gasteiger partial charge in [0.15, 0.2) is 0 Å². The summed E-state index contributed by atoms with van der Waals surface area (Å²) in [6, 6.07) is 9.23. The van der Waals surface area contributed by atoms with Crippen molar-refractivity contribution in [3.05, 3.63) is 55.2 Å². The highest BCUT2D eigenvalue weighted by atomic mass is 35.5. The molecule has 1 unspecified atom stereocenters. The van der Waals surface area contributed by atoms with Gasteiger partial charge in [-0.15, -0.1) is 11.3 Å². The molecular weight excluding hydrogens is 287 g/mol. The van der Waals surface area contributed by atoms with E-state index in [9.17, 15) is 5.11 Å². The van der Waals surface area contributed by atoms with Gasteiger partial charge in [0, 0.05) is 0 Å². The molecule has 1 nitrogen and oxygen atoms in total. The summed E-state index contributed by atoms with van der Waals surface area (Å²) in [6.07, 6.45) is -0.788. The van der Waals surface area contributed by atoms with E-state index >= 15 is 0 Å². The van der Waals surface area contributed by atoms with Crippen molar-refractivity contribution in [2.24, 2.45) is 0 Å². The zero-order chi connectivity index (χ0) is 11.7. The number of aliphatic hydroxyl groups is 1. The van der Waals surface area contributed by atoms with Crippen LogP contribution >= 0.6 is 46.1 Å². The fraction of sp³-hybridized carbons (Fsp3) is 0.0909. The second-order valence-corrected chi connectivity index (χ2v) is 5.59. The SMILES string of the molecule is OC(c1ccccc1)c1sc(Cl)c(Cl)c1Cl. The first-order valence-corrected chi connectivity index (χ1v) is 6.42. The summed E-state index contributed by atoms with van der Waals surface area (Å²) in [7, 11) is 0. The Morgan fingerprint density at radius 3 is 2.12 bits per heavy atom. The maximum absolute atomic E-state index is 10.1. The number of hydrogen-bond acceptors (Lipinski definition) is 2. The fourth-order valence-electron chi connectivity index (χ4n) is 1.34. The van der Waals surface area contributed by atoms with Crippen molar-refractivity contribution < 1.29 is 5.11 Å². The highest BCUT2D eigenvalue weighted by Gasteiger charge is 2.21. The van der Waals surface area contributed by atoms with Gasteiger partial charge in [0.05, 0.1) is 14.9 Å². The van der Waals surface area contributed by atoms with Gasteiger partial charge < -0.3 is 5.11 Å². The number of hydrogen-bond donors (Lipinski definition) is 1. The van der Waals surface area contributed by atoms with Crippen LogP contribution in [0.3, 0.4) is 0 Å². The highest BCUT2D eigenvalue weighted by Crippen LogP contribution is 2.44. The molecule has 84 valence electrons. The molecule has 2 rings (SSSR count). The predicted molar refractivity (Wildman–Crippen MR) is 69.9 cm³/mol. The Bertz CT molecular complexity index is 495. The maximum Gasteiger partial charge on any atom is 0.115 e.